The largest absolute Gasteiger partial charge is 0.493 e. The second kappa shape index (κ2) is 7.38. The minimum Gasteiger partial charge on any atom is -0.493 e. The fourth-order valence-corrected chi connectivity index (χ4v) is 3.74. The first kappa shape index (κ1) is 18.1. The first-order valence-corrected chi connectivity index (χ1v) is 9.27. The Labute approximate surface area is 163 Å². The number of para-hydroxylation sites is 1. The van der Waals surface area contributed by atoms with E-state index in [-0.39, 0.29) is 11.8 Å². The average molecular weight is 377 g/mol. The maximum Gasteiger partial charge on any atom is 0.226 e. The predicted octanol–water partition coefficient (Wildman–Crippen LogP) is 4.09. The lowest BCUT2D eigenvalue weighted by Crippen LogP contribution is -2.24. The Balaban J connectivity index is 1.75. The zero-order valence-electron chi connectivity index (χ0n) is 16.2. The first-order valence-electron chi connectivity index (χ1n) is 9.27. The van der Waals surface area contributed by atoms with Crippen LogP contribution in [-0.2, 0) is 11.4 Å². The van der Waals surface area contributed by atoms with Crippen LogP contribution in [0.1, 0.15) is 40.3 Å². The van der Waals surface area contributed by atoms with Gasteiger partial charge in [0.2, 0.25) is 5.91 Å². The molecule has 3 aromatic rings. The molecule has 0 saturated carbocycles. The Morgan fingerprint density at radius 2 is 1.96 bits per heavy atom. The molecule has 6 heteroatoms. The van der Waals surface area contributed by atoms with Crippen LogP contribution >= 0.6 is 0 Å². The van der Waals surface area contributed by atoms with E-state index in [2.05, 4.69) is 34.6 Å². The number of aromatic nitrogens is 2. The molecule has 0 radical (unpaired) electrons. The number of anilines is 1. The third kappa shape index (κ3) is 3.22. The van der Waals surface area contributed by atoms with Crippen LogP contribution in [0, 0.1) is 13.8 Å². The van der Waals surface area contributed by atoms with Crippen molar-refractivity contribution in [3.63, 3.8) is 0 Å². The third-order valence-corrected chi connectivity index (χ3v) is 5.23. The van der Waals surface area contributed by atoms with Crippen molar-refractivity contribution in [2.75, 3.05) is 12.4 Å². The van der Waals surface area contributed by atoms with Crippen LogP contribution < -0.4 is 14.8 Å². The molecule has 2 heterocycles. The first-order chi connectivity index (χ1) is 13.6. The lowest BCUT2D eigenvalue weighted by molar-refractivity contribution is -0.116. The highest BCUT2D eigenvalue weighted by Gasteiger charge is 2.33. The van der Waals surface area contributed by atoms with Gasteiger partial charge in [-0.05, 0) is 31.0 Å². The number of rotatable bonds is 5. The van der Waals surface area contributed by atoms with E-state index in [0.717, 1.165) is 22.4 Å². The number of methoxy groups -OCH3 is 1. The molecule has 1 aliphatic rings. The molecule has 4 rings (SSSR count). The minimum absolute atomic E-state index is 0.0586. The number of aryl methyl sites for hydroxylation is 2. The van der Waals surface area contributed by atoms with Crippen LogP contribution in [-0.4, -0.2) is 23.2 Å². The average Bonchev–Trinajstić information content (AvgIpc) is 3.07. The van der Waals surface area contributed by atoms with Gasteiger partial charge in [0.15, 0.2) is 17.3 Å². The number of hydrogen-bond donors (Lipinski definition) is 2. The van der Waals surface area contributed by atoms with E-state index in [1.54, 1.807) is 7.11 Å². The maximum atomic E-state index is 12.3. The highest BCUT2D eigenvalue weighted by atomic mass is 16.5. The molecule has 28 heavy (non-hydrogen) atoms. The van der Waals surface area contributed by atoms with Crippen LogP contribution in [0.2, 0.25) is 0 Å². The second-order valence-electron chi connectivity index (χ2n) is 7.01. The summed E-state index contributed by atoms with van der Waals surface area (Å²) in [6.45, 7) is 4.45. The summed E-state index contributed by atoms with van der Waals surface area (Å²) in [7, 11) is 1.63. The number of carbonyl (C=O) groups excluding carboxylic acids is 1. The lowest BCUT2D eigenvalue weighted by Gasteiger charge is -2.26. The summed E-state index contributed by atoms with van der Waals surface area (Å²) in [5.74, 6) is 1.70. The van der Waals surface area contributed by atoms with Crippen molar-refractivity contribution in [2.45, 2.75) is 32.8 Å². The van der Waals surface area contributed by atoms with Gasteiger partial charge in [-0.2, -0.15) is 5.10 Å². The van der Waals surface area contributed by atoms with Crippen molar-refractivity contribution in [1.82, 2.24) is 10.2 Å². The Hall–Kier alpha value is -3.28. The number of nitrogens with zero attached hydrogens (tertiary/aromatic N) is 1. The number of amides is 1. The molecule has 2 aromatic carbocycles. The number of ether oxygens (including phenoxy) is 2. The topological polar surface area (TPSA) is 76.2 Å². The van der Waals surface area contributed by atoms with Gasteiger partial charge in [-0.15, -0.1) is 0 Å². The number of aromatic amines is 1. The van der Waals surface area contributed by atoms with Gasteiger partial charge in [-0.3, -0.25) is 9.89 Å². The summed E-state index contributed by atoms with van der Waals surface area (Å²) < 4.78 is 11.8. The molecule has 1 aromatic heterocycles. The summed E-state index contributed by atoms with van der Waals surface area (Å²) in [6, 6.07) is 13.9. The fraction of sp³-hybridized carbons (Fsp3) is 0.273. The number of nitrogens with one attached hydrogen (secondary N) is 2. The van der Waals surface area contributed by atoms with Gasteiger partial charge < -0.3 is 14.8 Å². The number of hydrogen-bond acceptors (Lipinski definition) is 4. The molecule has 1 atom stereocenters. The molecule has 1 aliphatic heterocycles. The molecule has 144 valence electrons. The van der Waals surface area contributed by atoms with Gasteiger partial charge in [0.1, 0.15) is 6.61 Å². The van der Waals surface area contributed by atoms with E-state index < -0.39 is 0 Å². The molecular formula is C22H23N3O3. The lowest BCUT2D eigenvalue weighted by atomic mass is 9.85. The van der Waals surface area contributed by atoms with Crippen molar-refractivity contribution < 1.29 is 14.3 Å². The summed E-state index contributed by atoms with van der Waals surface area (Å²) in [4.78, 5) is 12.3. The molecule has 2 N–H and O–H groups in total. The number of H-pyrrole nitrogens is 1. The number of fused-ring (bicyclic) bond motifs is 1. The summed E-state index contributed by atoms with van der Waals surface area (Å²) in [5.41, 5.74) is 5.14. The smallest absolute Gasteiger partial charge is 0.226 e. The van der Waals surface area contributed by atoms with E-state index in [4.69, 9.17) is 9.47 Å². The normalized spacial score (nSPS) is 15.7. The summed E-state index contributed by atoms with van der Waals surface area (Å²) >= 11 is 0. The van der Waals surface area contributed by atoms with Gasteiger partial charge in [0.25, 0.3) is 0 Å². The monoisotopic (exact) mass is 377 g/mol. The van der Waals surface area contributed by atoms with Gasteiger partial charge in [-0.1, -0.05) is 36.4 Å². The fourth-order valence-electron chi connectivity index (χ4n) is 3.74. The van der Waals surface area contributed by atoms with E-state index in [1.807, 2.05) is 37.3 Å². The van der Waals surface area contributed by atoms with Crippen LogP contribution in [0.5, 0.6) is 11.5 Å². The van der Waals surface area contributed by atoms with Crippen molar-refractivity contribution in [2.24, 2.45) is 0 Å². The number of benzene rings is 2. The Morgan fingerprint density at radius 1 is 1.14 bits per heavy atom. The molecule has 0 saturated heterocycles. The standard InChI is InChI=1S/C22H23N3O3/c1-13-7-4-5-8-15(13)12-28-21-16(9-6-10-18(21)27-3)17-11-19(26)23-22-20(17)14(2)24-25-22/h4-10,17H,11-12H2,1-3H3,(H2,23,24,25,26)/t17-/m1/s1. The van der Waals surface area contributed by atoms with Crippen molar-refractivity contribution in [3.05, 3.63) is 70.4 Å². The van der Waals surface area contributed by atoms with E-state index >= 15 is 0 Å². The van der Waals surface area contributed by atoms with Crippen LogP contribution in [0.3, 0.4) is 0 Å². The Morgan fingerprint density at radius 3 is 2.75 bits per heavy atom. The molecule has 0 fully saturated rings. The SMILES string of the molecule is COc1cccc([C@H]2CC(=O)Nc3n[nH]c(C)c32)c1OCc1ccccc1C. The molecular weight excluding hydrogens is 354 g/mol. The zero-order chi connectivity index (χ0) is 19.7. The van der Waals surface area contributed by atoms with Crippen LogP contribution in [0.4, 0.5) is 5.82 Å². The van der Waals surface area contributed by atoms with Crippen molar-refractivity contribution >= 4 is 11.7 Å². The summed E-state index contributed by atoms with van der Waals surface area (Å²) in [5, 5.41) is 10.0. The minimum atomic E-state index is -0.149. The molecule has 0 bridgehead atoms. The molecule has 0 spiro atoms. The highest BCUT2D eigenvalue weighted by molar-refractivity contribution is 5.94. The van der Waals surface area contributed by atoms with Crippen LogP contribution in [0.15, 0.2) is 42.5 Å². The number of carbonyl (C=O) groups is 1. The van der Waals surface area contributed by atoms with E-state index in [1.165, 1.54) is 5.56 Å². The molecule has 1 amide bonds. The van der Waals surface area contributed by atoms with Gasteiger partial charge in [-0.25, -0.2) is 0 Å². The van der Waals surface area contributed by atoms with Crippen LogP contribution in [0.25, 0.3) is 0 Å². The van der Waals surface area contributed by atoms with Gasteiger partial charge in [0.05, 0.1) is 7.11 Å². The predicted molar refractivity (Wildman–Crippen MR) is 107 cm³/mol. The Bertz CT molecular complexity index is 1030. The van der Waals surface area contributed by atoms with Crippen molar-refractivity contribution in [1.29, 1.82) is 0 Å². The van der Waals surface area contributed by atoms with E-state index in [0.29, 0.717) is 30.3 Å². The molecule has 6 nitrogen and oxygen atoms in total. The molecule has 0 unspecified atom stereocenters. The highest BCUT2D eigenvalue weighted by Crippen LogP contribution is 2.44. The second-order valence-corrected chi connectivity index (χ2v) is 7.01. The quantitative estimate of drug-likeness (QED) is 0.702. The summed E-state index contributed by atoms with van der Waals surface area (Å²) in [6.07, 6.45) is 0.335. The van der Waals surface area contributed by atoms with Gasteiger partial charge >= 0.3 is 0 Å². The maximum absolute atomic E-state index is 12.3. The Kier molecular flexibility index (Phi) is 4.77. The van der Waals surface area contributed by atoms with E-state index in [9.17, 15) is 4.79 Å². The zero-order valence-corrected chi connectivity index (χ0v) is 16.2. The van der Waals surface area contributed by atoms with Crippen molar-refractivity contribution in [3.8, 4) is 11.5 Å². The molecule has 0 aliphatic carbocycles. The van der Waals surface area contributed by atoms with Gasteiger partial charge in [0, 0.05) is 29.2 Å². The third-order valence-electron chi connectivity index (χ3n) is 5.23.